The van der Waals surface area contributed by atoms with Gasteiger partial charge in [0.2, 0.25) is 0 Å². The minimum absolute atomic E-state index is 0.286. The maximum Gasteiger partial charge on any atom is 0.109 e. The normalized spacial score (nSPS) is 14.4. The number of aryl methyl sites for hydroxylation is 3. The van der Waals surface area contributed by atoms with Crippen molar-refractivity contribution in [2.45, 2.75) is 46.7 Å². The Bertz CT molecular complexity index is 560. The van der Waals surface area contributed by atoms with Gasteiger partial charge in [-0.25, -0.2) is 4.98 Å². The van der Waals surface area contributed by atoms with Gasteiger partial charge in [0, 0.05) is 17.1 Å². The summed E-state index contributed by atoms with van der Waals surface area (Å²) < 4.78 is 0. The lowest BCUT2D eigenvalue weighted by Gasteiger charge is -2.20. The average Bonchev–Trinajstić information content (AvgIpc) is 2.75. The number of benzene rings is 1. The third-order valence-electron chi connectivity index (χ3n) is 3.40. The number of hydrogen-bond acceptors (Lipinski definition) is 3. The Labute approximate surface area is 119 Å². The van der Waals surface area contributed by atoms with Crippen molar-refractivity contribution in [1.82, 2.24) is 10.3 Å². The van der Waals surface area contributed by atoms with E-state index in [1.807, 2.05) is 6.20 Å². The van der Waals surface area contributed by atoms with Gasteiger partial charge in [0.25, 0.3) is 0 Å². The molecule has 3 heteroatoms. The van der Waals surface area contributed by atoms with Gasteiger partial charge in [-0.2, -0.15) is 0 Å². The number of rotatable bonds is 4. The van der Waals surface area contributed by atoms with Crippen molar-refractivity contribution in [3.8, 4) is 0 Å². The van der Waals surface area contributed by atoms with Crippen molar-refractivity contribution in [3.63, 3.8) is 0 Å². The highest BCUT2D eigenvalue weighted by Gasteiger charge is 2.15. The molecule has 0 radical (unpaired) electrons. The molecule has 2 rings (SSSR count). The lowest BCUT2D eigenvalue weighted by Crippen LogP contribution is -2.23. The summed E-state index contributed by atoms with van der Waals surface area (Å²) in [5.41, 5.74) is 4.03. The van der Waals surface area contributed by atoms with E-state index in [0.717, 1.165) is 5.01 Å². The molecule has 0 saturated carbocycles. The molecule has 1 aromatic heterocycles. The van der Waals surface area contributed by atoms with E-state index in [4.69, 9.17) is 0 Å². The van der Waals surface area contributed by atoms with Crippen LogP contribution in [0.5, 0.6) is 0 Å². The van der Waals surface area contributed by atoms with Crippen molar-refractivity contribution in [2.75, 3.05) is 0 Å². The standard InChI is InChI=1S/C16H22N2S/c1-10-6-7-15(11(2)8-10)13(4)18-14(5)16-17-9-12(3)19-16/h6-9,13-14,18H,1-5H3. The van der Waals surface area contributed by atoms with Crippen molar-refractivity contribution in [1.29, 1.82) is 0 Å². The lowest BCUT2D eigenvalue weighted by atomic mass is 10.00. The number of aromatic nitrogens is 1. The first-order chi connectivity index (χ1) is 8.97. The summed E-state index contributed by atoms with van der Waals surface area (Å²) in [7, 11) is 0. The van der Waals surface area contributed by atoms with E-state index >= 15 is 0 Å². The molecule has 0 amide bonds. The van der Waals surface area contributed by atoms with Crippen LogP contribution in [-0.4, -0.2) is 4.98 Å². The fourth-order valence-electron chi connectivity index (χ4n) is 2.42. The van der Waals surface area contributed by atoms with Gasteiger partial charge >= 0.3 is 0 Å². The second kappa shape index (κ2) is 5.85. The molecule has 0 aliphatic heterocycles. The highest BCUT2D eigenvalue weighted by molar-refractivity contribution is 7.11. The molecular weight excluding hydrogens is 252 g/mol. The van der Waals surface area contributed by atoms with Crippen LogP contribution in [0.15, 0.2) is 24.4 Å². The predicted octanol–water partition coefficient (Wildman–Crippen LogP) is 4.48. The van der Waals surface area contributed by atoms with Crippen molar-refractivity contribution in [2.24, 2.45) is 0 Å². The van der Waals surface area contributed by atoms with E-state index in [2.05, 4.69) is 63.1 Å². The van der Waals surface area contributed by atoms with Crippen LogP contribution in [0.3, 0.4) is 0 Å². The summed E-state index contributed by atoms with van der Waals surface area (Å²) >= 11 is 1.77. The molecular formula is C16H22N2S. The van der Waals surface area contributed by atoms with Gasteiger partial charge in [-0.1, -0.05) is 23.8 Å². The fourth-order valence-corrected chi connectivity index (χ4v) is 3.21. The van der Waals surface area contributed by atoms with Crippen LogP contribution >= 0.6 is 11.3 Å². The minimum atomic E-state index is 0.286. The monoisotopic (exact) mass is 274 g/mol. The van der Waals surface area contributed by atoms with Crippen LogP contribution in [0, 0.1) is 20.8 Å². The Morgan fingerprint density at radius 3 is 2.42 bits per heavy atom. The SMILES string of the molecule is Cc1ccc(C(C)NC(C)c2ncc(C)s2)c(C)c1. The zero-order valence-corrected chi connectivity index (χ0v) is 13.1. The van der Waals surface area contributed by atoms with Gasteiger partial charge in [0.1, 0.15) is 5.01 Å². The summed E-state index contributed by atoms with van der Waals surface area (Å²) in [5.74, 6) is 0. The Balaban J connectivity index is 2.10. The number of hydrogen-bond donors (Lipinski definition) is 1. The van der Waals surface area contributed by atoms with Crippen molar-refractivity contribution < 1.29 is 0 Å². The molecule has 1 N–H and O–H groups in total. The molecule has 0 spiro atoms. The van der Waals surface area contributed by atoms with Crippen LogP contribution in [0.1, 0.15) is 52.5 Å². The largest absolute Gasteiger partial charge is 0.302 e. The molecule has 0 saturated heterocycles. The first-order valence-electron chi connectivity index (χ1n) is 6.73. The Morgan fingerprint density at radius 2 is 1.84 bits per heavy atom. The summed E-state index contributed by atoms with van der Waals surface area (Å²) in [6.45, 7) is 10.8. The van der Waals surface area contributed by atoms with Crippen LogP contribution in [0.2, 0.25) is 0 Å². The molecule has 2 aromatic rings. The fraction of sp³-hybridized carbons (Fsp3) is 0.438. The van der Waals surface area contributed by atoms with Gasteiger partial charge in [-0.15, -0.1) is 11.3 Å². The summed E-state index contributed by atoms with van der Waals surface area (Å²) in [5, 5.41) is 4.80. The zero-order chi connectivity index (χ0) is 14.0. The maximum absolute atomic E-state index is 4.45. The van der Waals surface area contributed by atoms with Crippen LogP contribution in [0.4, 0.5) is 0 Å². The van der Waals surface area contributed by atoms with Crippen LogP contribution in [0.25, 0.3) is 0 Å². The maximum atomic E-state index is 4.45. The third-order valence-corrected chi connectivity index (χ3v) is 4.50. The first-order valence-corrected chi connectivity index (χ1v) is 7.54. The summed E-state index contributed by atoms with van der Waals surface area (Å²) in [6.07, 6.45) is 1.94. The highest BCUT2D eigenvalue weighted by atomic mass is 32.1. The number of nitrogens with one attached hydrogen (secondary N) is 1. The second-order valence-electron chi connectivity index (χ2n) is 5.28. The van der Waals surface area contributed by atoms with Crippen molar-refractivity contribution >= 4 is 11.3 Å². The first kappa shape index (κ1) is 14.2. The Hall–Kier alpha value is -1.19. The molecule has 1 heterocycles. The molecule has 2 unspecified atom stereocenters. The predicted molar refractivity (Wildman–Crippen MR) is 82.7 cm³/mol. The number of nitrogens with zero attached hydrogens (tertiary/aromatic N) is 1. The van der Waals surface area contributed by atoms with Gasteiger partial charge in [0.15, 0.2) is 0 Å². The average molecular weight is 274 g/mol. The van der Waals surface area contributed by atoms with E-state index in [-0.39, 0.29) is 6.04 Å². The van der Waals surface area contributed by atoms with E-state index in [1.165, 1.54) is 21.6 Å². The van der Waals surface area contributed by atoms with Gasteiger partial charge in [0.05, 0.1) is 6.04 Å². The molecule has 0 fully saturated rings. The molecule has 1 aromatic carbocycles. The quantitative estimate of drug-likeness (QED) is 0.889. The van der Waals surface area contributed by atoms with Crippen LogP contribution in [-0.2, 0) is 0 Å². The molecule has 0 bridgehead atoms. The van der Waals surface area contributed by atoms with E-state index in [9.17, 15) is 0 Å². The van der Waals surface area contributed by atoms with Gasteiger partial charge < -0.3 is 5.32 Å². The Kier molecular flexibility index (Phi) is 4.38. The summed E-state index contributed by atoms with van der Waals surface area (Å²) in [4.78, 5) is 5.72. The van der Waals surface area contributed by atoms with Gasteiger partial charge in [-0.05, 0) is 45.7 Å². The van der Waals surface area contributed by atoms with Crippen LogP contribution < -0.4 is 5.32 Å². The van der Waals surface area contributed by atoms with Gasteiger partial charge in [-0.3, -0.25) is 0 Å². The second-order valence-corrected chi connectivity index (χ2v) is 6.55. The van der Waals surface area contributed by atoms with E-state index in [0.29, 0.717) is 6.04 Å². The molecule has 0 aliphatic carbocycles. The Morgan fingerprint density at radius 1 is 1.11 bits per heavy atom. The zero-order valence-electron chi connectivity index (χ0n) is 12.3. The lowest BCUT2D eigenvalue weighted by molar-refractivity contribution is 0.491. The molecule has 2 atom stereocenters. The molecule has 2 nitrogen and oxygen atoms in total. The highest BCUT2D eigenvalue weighted by Crippen LogP contribution is 2.24. The third kappa shape index (κ3) is 3.43. The topological polar surface area (TPSA) is 24.9 Å². The molecule has 0 aliphatic rings. The van der Waals surface area contributed by atoms with E-state index in [1.54, 1.807) is 11.3 Å². The summed E-state index contributed by atoms with van der Waals surface area (Å²) in [6, 6.07) is 7.27. The van der Waals surface area contributed by atoms with Crippen molar-refractivity contribution in [3.05, 3.63) is 51.0 Å². The molecule has 102 valence electrons. The smallest absolute Gasteiger partial charge is 0.109 e. The molecule has 19 heavy (non-hydrogen) atoms. The van der Waals surface area contributed by atoms with E-state index < -0.39 is 0 Å². The number of thiazole rings is 1. The minimum Gasteiger partial charge on any atom is -0.302 e.